The highest BCUT2D eigenvalue weighted by atomic mass is 16.6. The van der Waals surface area contributed by atoms with Crippen LogP contribution < -0.4 is 16.0 Å². The Morgan fingerprint density at radius 2 is 1.41 bits per heavy atom. The zero-order chi connectivity index (χ0) is 33.1. The van der Waals surface area contributed by atoms with E-state index in [0.29, 0.717) is 91.3 Å². The number of fused-ring (bicyclic) bond motifs is 1. The number of ether oxygens (including phenoxy) is 5. The largest absolute Gasteiger partial charge is 0.481 e. The minimum Gasteiger partial charge on any atom is -0.481 e. The molecule has 16 nitrogen and oxygen atoms in total. The number of carbonyl (C=O) groups is 6. The smallest absolute Gasteiger partial charge is 0.303 e. The Bertz CT molecular complexity index is 1210. The van der Waals surface area contributed by atoms with Crippen LogP contribution in [0.4, 0.5) is 5.69 Å². The molecule has 2 aliphatic heterocycles. The van der Waals surface area contributed by atoms with E-state index >= 15 is 0 Å². The molecule has 2 heterocycles. The molecule has 1 unspecified atom stereocenters. The monoisotopic (exact) mass is 650 g/mol. The Balaban J connectivity index is 1.13. The highest BCUT2D eigenvalue weighted by Crippen LogP contribution is 2.32. The van der Waals surface area contributed by atoms with E-state index in [-0.39, 0.29) is 42.7 Å². The van der Waals surface area contributed by atoms with Gasteiger partial charge in [0.05, 0.1) is 77.0 Å². The Morgan fingerprint density at radius 1 is 0.804 bits per heavy atom. The van der Waals surface area contributed by atoms with Gasteiger partial charge in [0.25, 0.3) is 11.8 Å². The van der Waals surface area contributed by atoms with E-state index in [9.17, 15) is 28.8 Å². The summed E-state index contributed by atoms with van der Waals surface area (Å²) in [6, 6.07) is 3.86. The Kier molecular flexibility index (Phi) is 16.0. The van der Waals surface area contributed by atoms with Crippen molar-refractivity contribution >= 4 is 41.2 Å². The number of nitrogens with one attached hydrogen (secondary N) is 3. The van der Waals surface area contributed by atoms with E-state index in [0.717, 1.165) is 4.90 Å². The predicted molar refractivity (Wildman–Crippen MR) is 160 cm³/mol. The third-order valence-electron chi connectivity index (χ3n) is 6.87. The second-order valence-electron chi connectivity index (χ2n) is 10.3. The number of rotatable bonds is 24. The van der Waals surface area contributed by atoms with Crippen molar-refractivity contribution in [3.8, 4) is 0 Å². The van der Waals surface area contributed by atoms with Crippen LogP contribution in [-0.2, 0) is 42.9 Å². The Hall–Kier alpha value is -3.96. The van der Waals surface area contributed by atoms with Crippen LogP contribution in [0.15, 0.2) is 18.2 Å². The van der Waals surface area contributed by atoms with Crippen LogP contribution >= 0.6 is 0 Å². The van der Waals surface area contributed by atoms with Gasteiger partial charge in [0, 0.05) is 38.2 Å². The number of benzene rings is 1. The molecule has 1 atom stereocenters. The lowest BCUT2D eigenvalue weighted by Gasteiger charge is -2.27. The molecular weight excluding hydrogens is 608 g/mol. The highest BCUT2D eigenvalue weighted by molar-refractivity contribution is 6.25. The standard InChI is InChI=1S/C30H42N4O12/c35-24(7-8-26(37)38)32-9-2-11-42-13-15-44-17-19-46-20-18-45-16-14-43-12-10-31-22-4-1-3-21-27(22)30(41)34(29(21)40)23-5-6-25(36)33-28(23)39/h1,3-4,23,31H,2,5-20H2,(H,32,35)(H,37,38)(H,33,36,39). The van der Waals surface area contributed by atoms with Crippen LogP contribution in [0.25, 0.3) is 0 Å². The molecular formula is C30H42N4O12. The Morgan fingerprint density at radius 3 is 2.02 bits per heavy atom. The molecule has 16 heteroatoms. The van der Waals surface area contributed by atoms with E-state index < -0.39 is 35.6 Å². The van der Waals surface area contributed by atoms with Gasteiger partial charge in [-0.05, 0) is 25.0 Å². The van der Waals surface area contributed by atoms with Crippen molar-refractivity contribution in [2.24, 2.45) is 0 Å². The highest BCUT2D eigenvalue weighted by Gasteiger charge is 2.45. The number of anilines is 1. The van der Waals surface area contributed by atoms with Gasteiger partial charge in [0.1, 0.15) is 6.04 Å². The summed E-state index contributed by atoms with van der Waals surface area (Å²) in [5.41, 5.74) is 0.876. The minimum absolute atomic E-state index is 0.0293. The normalized spacial score (nSPS) is 16.0. The number of amides is 5. The molecule has 1 aromatic rings. The minimum atomic E-state index is -1.02. The van der Waals surface area contributed by atoms with Crippen LogP contribution in [0.5, 0.6) is 0 Å². The lowest BCUT2D eigenvalue weighted by molar-refractivity contribution is -0.139. The number of piperidine rings is 1. The van der Waals surface area contributed by atoms with Gasteiger partial charge in [-0.3, -0.25) is 39.0 Å². The average Bonchev–Trinajstić information content (AvgIpc) is 3.28. The fourth-order valence-corrected chi connectivity index (χ4v) is 4.61. The summed E-state index contributed by atoms with van der Waals surface area (Å²) in [4.78, 5) is 72.5. The van der Waals surface area contributed by atoms with Crippen LogP contribution in [0.1, 0.15) is 52.8 Å². The van der Waals surface area contributed by atoms with Gasteiger partial charge in [0.15, 0.2) is 0 Å². The molecule has 1 aromatic carbocycles. The van der Waals surface area contributed by atoms with Crippen molar-refractivity contribution in [2.45, 2.75) is 38.1 Å². The van der Waals surface area contributed by atoms with Gasteiger partial charge < -0.3 is 39.4 Å². The van der Waals surface area contributed by atoms with Gasteiger partial charge in [-0.2, -0.15) is 0 Å². The van der Waals surface area contributed by atoms with Crippen LogP contribution in [0.3, 0.4) is 0 Å². The zero-order valence-corrected chi connectivity index (χ0v) is 25.7. The van der Waals surface area contributed by atoms with E-state index in [1.165, 1.54) is 0 Å². The van der Waals surface area contributed by atoms with E-state index in [2.05, 4.69) is 16.0 Å². The van der Waals surface area contributed by atoms with E-state index in [1.54, 1.807) is 18.2 Å². The number of nitrogens with zero attached hydrogens (tertiary/aromatic N) is 1. The predicted octanol–water partition coefficient (Wildman–Crippen LogP) is -0.0462. The molecule has 0 saturated carbocycles. The maximum Gasteiger partial charge on any atom is 0.303 e. The van der Waals surface area contributed by atoms with E-state index in [4.69, 9.17) is 28.8 Å². The van der Waals surface area contributed by atoms with Crippen molar-refractivity contribution in [3.63, 3.8) is 0 Å². The first-order valence-corrected chi connectivity index (χ1v) is 15.2. The van der Waals surface area contributed by atoms with Crippen molar-refractivity contribution in [1.29, 1.82) is 0 Å². The Labute approximate surface area is 266 Å². The average molecular weight is 651 g/mol. The van der Waals surface area contributed by atoms with Gasteiger partial charge in [-0.1, -0.05) is 6.07 Å². The summed E-state index contributed by atoms with van der Waals surface area (Å²) >= 11 is 0. The van der Waals surface area contributed by atoms with Gasteiger partial charge in [0.2, 0.25) is 17.7 Å². The van der Waals surface area contributed by atoms with Crippen molar-refractivity contribution in [3.05, 3.63) is 29.3 Å². The number of carboxylic acid groups (broad SMARTS) is 1. The third-order valence-corrected chi connectivity index (χ3v) is 6.87. The summed E-state index contributed by atoms with van der Waals surface area (Å²) in [6.45, 7) is 4.78. The lowest BCUT2D eigenvalue weighted by atomic mass is 10.0. The van der Waals surface area contributed by atoms with Gasteiger partial charge >= 0.3 is 5.97 Å². The number of aliphatic carboxylic acids is 1. The number of hydrogen-bond acceptors (Lipinski definition) is 12. The molecule has 3 rings (SSSR count). The van der Waals surface area contributed by atoms with E-state index in [1.807, 2.05) is 0 Å². The summed E-state index contributed by atoms with van der Waals surface area (Å²) in [5, 5.41) is 16.5. The topological polar surface area (TPSA) is 208 Å². The third kappa shape index (κ3) is 12.1. The number of carbonyl (C=O) groups excluding carboxylic acids is 5. The quantitative estimate of drug-likeness (QED) is 0.0856. The molecule has 4 N–H and O–H groups in total. The molecule has 0 aromatic heterocycles. The van der Waals surface area contributed by atoms with Crippen LogP contribution in [0, 0.1) is 0 Å². The molecule has 5 amide bonds. The summed E-state index contributed by atoms with van der Waals surface area (Å²) in [6.07, 6.45) is 0.570. The van der Waals surface area contributed by atoms with Crippen molar-refractivity contribution in [2.75, 3.05) is 84.5 Å². The van der Waals surface area contributed by atoms with Gasteiger partial charge in [-0.25, -0.2) is 0 Å². The summed E-state index contributed by atoms with van der Waals surface area (Å²) < 4.78 is 27.3. The molecule has 2 aliphatic rings. The first-order valence-electron chi connectivity index (χ1n) is 15.2. The lowest BCUT2D eigenvalue weighted by Crippen LogP contribution is -2.54. The molecule has 0 spiro atoms. The molecule has 0 radical (unpaired) electrons. The fourth-order valence-electron chi connectivity index (χ4n) is 4.61. The van der Waals surface area contributed by atoms with Crippen LogP contribution in [-0.4, -0.2) is 131 Å². The molecule has 46 heavy (non-hydrogen) atoms. The summed E-state index contributed by atoms with van der Waals surface area (Å²) in [7, 11) is 0. The van der Waals surface area contributed by atoms with Crippen LogP contribution in [0.2, 0.25) is 0 Å². The SMILES string of the molecule is O=C(O)CCC(=O)NCCCOCCOCCOCCOCCOCCNc1cccc2c1C(=O)N(C1CCC(=O)NC1=O)C2=O. The zero-order valence-electron chi connectivity index (χ0n) is 25.7. The summed E-state index contributed by atoms with van der Waals surface area (Å²) in [5.74, 6) is -3.49. The van der Waals surface area contributed by atoms with Gasteiger partial charge in [-0.15, -0.1) is 0 Å². The van der Waals surface area contributed by atoms with Crippen molar-refractivity contribution < 1.29 is 57.6 Å². The molecule has 0 aliphatic carbocycles. The molecule has 1 fully saturated rings. The molecule has 0 bridgehead atoms. The fraction of sp³-hybridized carbons (Fsp3) is 0.600. The number of hydrogen-bond donors (Lipinski definition) is 4. The maximum absolute atomic E-state index is 13.1. The number of carboxylic acids is 1. The number of imide groups is 2. The second kappa shape index (κ2) is 20.2. The second-order valence-corrected chi connectivity index (χ2v) is 10.3. The molecule has 1 saturated heterocycles. The molecule has 254 valence electrons. The first-order chi connectivity index (χ1) is 22.3. The van der Waals surface area contributed by atoms with Crippen molar-refractivity contribution in [1.82, 2.24) is 15.5 Å². The first kappa shape index (κ1) is 36.5. The maximum atomic E-state index is 13.1.